The lowest BCUT2D eigenvalue weighted by atomic mass is 10.0. The molecular weight excluding hydrogens is 375 g/mol. The molecule has 0 aliphatic rings. The van der Waals surface area contributed by atoms with Gasteiger partial charge in [-0.2, -0.15) is 10.2 Å². The number of hydrogen-bond donors (Lipinski definition) is 2. The standard InChI is InChI=1S/C20H15FN6O2/c1-12(28)23-17-10-14(8-9-22-17)16-11-27(18-6-7-19(29)25-24-18)26-20(16)13-2-4-15(21)5-3-13/h2-11H,1H3,(H,25,29)(H,22,23,28). The summed E-state index contributed by atoms with van der Waals surface area (Å²) in [7, 11) is 0. The van der Waals surface area contributed by atoms with E-state index in [0.717, 1.165) is 11.1 Å². The number of amides is 1. The smallest absolute Gasteiger partial charge is 0.264 e. The van der Waals surface area contributed by atoms with Crippen molar-refractivity contribution < 1.29 is 9.18 Å². The van der Waals surface area contributed by atoms with Gasteiger partial charge in [0.2, 0.25) is 5.91 Å². The van der Waals surface area contributed by atoms with Crippen LogP contribution in [0.1, 0.15) is 6.92 Å². The first-order chi connectivity index (χ1) is 14.0. The number of rotatable bonds is 4. The fourth-order valence-corrected chi connectivity index (χ4v) is 2.84. The zero-order chi connectivity index (χ0) is 20.4. The van der Waals surface area contributed by atoms with Crippen LogP contribution in [0.25, 0.3) is 28.2 Å². The second-order valence-electron chi connectivity index (χ2n) is 6.23. The monoisotopic (exact) mass is 390 g/mol. The first-order valence-corrected chi connectivity index (χ1v) is 8.65. The third-order valence-corrected chi connectivity index (χ3v) is 4.11. The van der Waals surface area contributed by atoms with Crippen molar-refractivity contribution >= 4 is 11.7 Å². The molecule has 0 fully saturated rings. The van der Waals surface area contributed by atoms with Gasteiger partial charge in [-0.25, -0.2) is 19.2 Å². The number of aromatic nitrogens is 5. The maximum absolute atomic E-state index is 13.4. The largest absolute Gasteiger partial charge is 0.311 e. The number of benzene rings is 1. The lowest BCUT2D eigenvalue weighted by Gasteiger charge is -2.05. The van der Waals surface area contributed by atoms with Crippen molar-refractivity contribution in [3.63, 3.8) is 0 Å². The fourth-order valence-electron chi connectivity index (χ4n) is 2.84. The fraction of sp³-hybridized carbons (Fsp3) is 0.0500. The van der Waals surface area contributed by atoms with Crippen molar-refractivity contribution in [2.24, 2.45) is 0 Å². The Bertz CT molecular complexity index is 1230. The Labute approximate surface area is 164 Å². The molecule has 0 bridgehead atoms. The summed E-state index contributed by atoms with van der Waals surface area (Å²) >= 11 is 0. The van der Waals surface area contributed by atoms with Crippen LogP contribution in [-0.4, -0.2) is 30.9 Å². The van der Waals surface area contributed by atoms with Crippen LogP contribution in [0.4, 0.5) is 10.2 Å². The van der Waals surface area contributed by atoms with E-state index >= 15 is 0 Å². The number of carbonyl (C=O) groups is 1. The Balaban J connectivity index is 1.87. The Morgan fingerprint density at radius 1 is 1.10 bits per heavy atom. The highest BCUT2D eigenvalue weighted by molar-refractivity contribution is 5.89. The molecule has 0 saturated heterocycles. The minimum absolute atomic E-state index is 0.235. The number of H-pyrrole nitrogens is 1. The Morgan fingerprint density at radius 2 is 1.90 bits per heavy atom. The summed E-state index contributed by atoms with van der Waals surface area (Å²) in [5.74, 6) is 0.223. The van der Waals surface area contributed by atoms with E-state index in [1.807, 2.05) is 0 Å². The minimum atomic E-state index is -0.353. The summed E-state index contributed by atoms with van der Waals surface area (Å²) in [6, 6.07) is 12.3. The van der Waals surface area contributed by atoms with Crippen molar-refractivity contribution in [2.75, 3.05) is 5.32 Å². The summed E-state index contributed by atoms with van der Waals surface area (Å²) < 4.78 is 14.9. The van der Waals surface area contributed by atoms with E-state index in [1.54, 1.807) is 42.7 Å². The summed E-state index contributed by atoms with van der Waals surface area (Å²) in [4.78, 5) is 26.8. The van der Waals surface area contributed by atoms with Crippen molar-refractivity contribution in [3.8, 4) is 28.2 Å². The summed E-state index contributed by atoms with van der Waals surface area (Å²) in [6.45, 7) is 1.40. The van der Waals surface area contributed by atoms with E-state index in [-0.39, 0.29) is 17.3 Å². The van der Waals surface area contributed by atoms with Crippen LogP contribution in [0.2, 0.25) is 0 Å². The number of anilines is 1. The summed E-state index contributed by atoms with van der Waals surface area (Å²) in [5.41, 5.74) is 2.42. The average molecular weight is 390 g/mol. The molecule has 3 aromatic heterocycles. The van der Waals surface area contributed by atoms with Crippen LogP contribution in [-0.2, 0) is 4.79 Å². The lowest BCUT2D eigenvalue weighted by Crippen LogP contribution is -2.09. The molecule has 0 aliphatic heterocycles. The average Bonchev–Trinajstić information content (AvgIpc) is 3.14. The number of pyridine rings is 1. The maximum atomic E-state index is 13.4. The van der Waals surface area contributed by atoms with E-state index in [2.05, 4.69) is 25.6 Å². The van der Waals surface area contributed by atoms with Crippen LogP contribution in [0.5, 0.6) is 0 Å². The van der Waals surface area contributed by atoms with E-state index in [1.165, 1.54) is 29.8 Å². The van der Waals surface area contributed by atoms with E-state index in [0.29, 0.717) is 22.9 Å². The second kappa shape index (κ2) is 7.47. The molecule has 29 heavy (non-hydrogen) atoms. The number of hydrogen-bond acceptors (Lipinski definition) is 5. The van der Waals surface area contributed by atoms with Crippen molar-refractivity contribution in [2.45, 2.75) is 6.92 Å². The van der Waals surface area contributed by atoms with Crippen molar-refractivity contribution in [1.29, 1.82) is 0 Å². The molecule has 8 nitrogen and oxygen atoms in total. The highest BCUT2D eigenvalue weighted by atomic mass is 19.1. The Morgan fingerprint density at radius 3 is 2.59 bits per heavy atom. The Kier molecular flexibility index (Phi) is 4.70. The quantitative estimate of drug-likeness (QED) is 0.557. The third-order valence-electron chi connectivity index (χ3n) is 4.11. The molecule has 4 aromatic rings. The molecule has 0 saturated carbocycles. The normalized spacial score (nSPS) is 10.7. The van der Waals surface area contributed by atoms with Gasteiger partial charge in [-0.05, 0) is 48.0 Å². The van der Waals surface area contributed by atoms with Crippen LogP contribution in [0, 0.1) is 5.82 Å². The molecular formula is C20H15FN6O2. The van der Waals surface area contributed by atoms with Gasteiger partial charge in [0, 0.05) is 36.5 Å². The number of carbonyl (C=O) groups excluding carboxylic acids is 1. The van der Waals surface area contributed by atoms with E-state index in [4.69, 9.17) is 0 Å². The molecule has 1 amide bonds. The van der Waals surface area contributed by atoms with Crippen LogP contribution >= 0.6 is 0 Å². The van der Waals surface area contributed by atoms with Gasteiger partial charge in [-0.15, -0.1) is 0 Å². The molecule has 144 valence electrons. The molecule has 0 radical (unpaired) electrons. The van der Waals surface area contributed by atoms with E-state index in [9.17, 15) is 14.0 Å². The second-order valence-corrected chi connectivity index (χ2v) is 6.23. The highest BCUT2D eigenvalue weighted by Crippen LogP contribution is 2.32. The van der Waals surface area contributed by atoms with Gasteiger partial charge in [0.25, 0.3) is 5.56 Å². The van der Waals surface area contributed by atoms with Gasteiger partial charge < -0.3 is 5.32 Å². The molecule has 3 heterocycles. The molecule has 1 aromatic carbocycles. The zero-order valence-corrected chi connectivity index (χ0v) is 15.3. The number of nitrogens with one attached hydrogen (secondary N) is 2. The predicted molar refractivity (Wildman–Crippen MR) is 105 cm³/mol. The zero-order valence-electron chi connectivity index (χ0n) is 15.3. The van der Waals surface area contributed by atoms with Gasteiger partial charge in [-0.1, -0.05) is 0 Å². The maximum Gasteiger partial charge on any atom is 0.264 e. The molecule has 0 atom stereocenters. The molecule has 9 heteroatoms. The molecule has 0 aliphatic carbocycles. The van der Waals surface area contributed by atoms with Gasteiger partial charge in [0.15, 0.2) is 5.82 Å². The van der Waals surface area contributed by atoms with E-state index < -0.39 is 0 Å². The third kappa shape index (κ3) is 3.93. The van der Waals surface area contributed by atoms with Crippen LogP contribution < -0.4 is 10.9 Å². The van der Waals surface area contributed by atoms with Gasteiger partial charge in [0.05, 0.1) is 0 Å². The van der Waals surface area contributed by atoms with Gasteiger partial charge in [0.1, 0.15) is 17.3 Å². The first kappa shape index (κ1) is 18.2. The highest BCUT2D eigenvalue weighted by Gasteiger charge is 2.16. The molecule has 0 unspecified atom stereocenters. The summed E-state index contributed by atoms with van der Waals surface area (Å²) in [6.07, 6.45) is 3.32. The molecule has 4 rings (SSSR count). The van der Waals surface area contributed by atoms with Crippen LogP contribution in [0.3, 0.4) is 0 Å². The summed E-state index contributed by atoms with van der Waals surface area (Å²) in [5, 5.41) is 13.6. The first-order valence-electron chi connectivity index (χ1n) is 8.65. The number of halogens is 1. The minimum Gasteiger partial charge on any atom is -0.311 e. The number of nitrogens with zero attached hydrogens (tertiary/aromatic N) is 4. The topological polar surface area (TPSA) is 106 Å². The Hall–Kier alpha value is -4.14. The number of aromatic amines is 1. The predicted octanol–water partition coefficient (Wildman–Crippen LogP) is 2.78. The van der Waals surface area contributed by atoms with Gasteiger partial charge in [-0.3, -0.25) is 9.59 Å². The SMILES string of the molecule is CC(=O)Nc1cc(-c2cn(-c3ccc(=O)[nH]n3)nc2-c2ccc(F)cc2)ccn1. The van der Waals surface area contributed by atoms with Crippen molar-refractivity contribution in [3.05, 3.63) is 77.1 Å². The van der Waals surface area contributed by atoms with Crippen LogP contribution in [0.15, 0.2) is 65.7 Å². The lowest BCUT2D eigenvalue weighted by molar-refractivity contribution is -0.114. The molecule has 0 spiro atoms. The van der Waals surface area contributed by atoms with Gasteiger partial charge >= 0.3 is 0 Å². The van der Waals surface area contributed by atoms with Crippen molar-refractivity contribution in [1.82, 2.24) is 25.0 Å². The molecule has 2 N–H and O–H groups in total.